The first-order chi connectivity index (χ1) is 13.3. The molecule has 0 aliphatic rings. The minimum atomic E-state index is -3.80. The van der Waals surface area contributed by atoms with Gasteiger partial charge in [-0.25, -0.2) is 8.42 Å². The van der Waals surface area contributed by atoms with Crippen molar-refractivity contribution in [1.82, 2.24) is 0 Å². The van der Waals surface area contributed by atoms with E-state index in [0.717, 1.165) is 0 Å². The van der Waals surface area contributed by atoms with Gasteiger partial charge in [-0.1, -0.05) is 18.2 Å². The van der Waals surface area contributed by atoms with E-state index in [4.69, 9.17) is 0 Å². The van der Waals surface area contributed by atoms with Crippen LogP contribution in [0.5, 0.6) is 11.5 Å². The number of carbonyl (C=O) groups is 1. The SMILES string of the molecule is O=C(C=Cc1cccc(O)c1)c1ccc(NS(=O)(=O)c2ccc(O)cc2)cc1. The number of phenols is 2. The highest BCUT2D eigenvalue weighted by atomic mass is 32.2. The highest BCUT2D eigenvalue weighted by molar-refractivity contribution is 7.92. The summed E-state index contributed by atoms with van der Waals surface area (Å²) in [7, 11) is -3.80. The highest BCUT2D eigenvalue weighted by Crippen LogP contribution is 2.19. The van der Waals surface area contributed by atoms with Crippen LogP contribution in [0.2, 0.25) is 0 Å². The van der Waals surface area contributed by atoms with Crippen LogP contribution < -0.4 is 4.72 Å². The fraction of sp³-hybridized carbons (Fsp3) is 0. The van der Waals surface area contributed by atoms with Gasteiger partial charge in [0.05, 0.1) is 4.90 Å². The minimum Gasteiger partial charge on any atom is -0.508 e. The third-order valence-corrected chi connectivity index (χ3v) is 5.26. The Morgan fingerprint density at radius 3 is 2.18 bits per heavy atom. The summed E-state index contributed by atoms with van der Waals surface area (Å²) in [6, 6.07) is 17.7. The van der Waals surface area contributed by atoms with Crippen molar-refractivity contribution in [3.05, 3.63) is 90.0 Å². The molecule has 0 aliphatic heterocycles. The number of benzene rings is 3. The van der Waals surface area contributed by atoms with Crippen LogP contribution in [0.15, 0.2) is 83.8 Å². The summed E-state index contributed by atoms with van der Waals surface area (Å²) in [5, 5.41) is 18.7. The van der Waals surface area contributed by atoms with Crippen LogP contribution in [0, 0.1) is 0 Å². The molecule has 0 amide bonds. The van der Waals surface area contributed by atoms with Gasteiger partial charge in [0.15, 0.2) is 5.78 Å². The summed E-state index contributed by atoms with van der Waals surface area (Å²) < 4.78 is 27.1. The van der Waals surface area contributed by atoms with Gasteiger partial charge in [0.25, 0.3) is 10.0 Å². The van der Waals surface area contributed by atoms with E-state index >= 15 is 0 Å². The van der Waals surface area contributed by atoms with Gasteiger partial charge in [-0.2, -0.15) is 0 Å². The molecule has 7 heteroatoms. The molecule has 3 aromatic carbocycles. The van der Waals surface area contributed by atoms with Gasteiger partial charge in [0.2, 0.25) is 0 Å². The number of nitrogens with one attached hydrogen (secondary N) is 1. The monoisotopic (exact) mass is 395 g/mol. The number of allylic oxidation sites excluding steroid dienone is 1. The van der Waals surface area contributed by atoms with Crippen LogP contribution in [-0.4, -0.2) is 24.4 Å². The molecular weight excluding hydrogens is 378 g/mol. The fourth-order valence-electron chi connectivity index (χ4n) is 2.44. The Morgan fingerprint density at radius 1 is 0.857 bits per heavy atom. The maximum Gasteiger partial charge on any atom is 0.261 e. The smallest absolute Gasteiger partial charge is 0.261 e. The third kappa shape index (κ3) is 4.77. The van der Waals surface area contributed by atoms with Crippen molar-refractivity contribution in [2.75, 3.05) is 4.72 Å². The lowest BCUT2D eigenvalue weighted by molar-refractivity contribution is 0.104. The number of aromatic hydroxyl groups is 2. The molecule has 3 aromatic rings. The molecule has 0 radical (unpaired) electrons. The van der Waals surface area contributed by atoms with E-state index in [0.29, 0.717) is 16.8 Å². The van der Waals surface area contributed by atoms with E-state index in [1.807, 2.05) is 0 Å². The Kier molecular flexibility index (Phi) is 5.47. The number of carbonyl (C=O) groups excluding carboxylic acids is 1. The largest absolute Gasteiger partial charge is 0.508 e. The Bertz CT molecular complexity index is 1120. The van der Waals surface area contributed by atoms with Crippen molar-refractivity contribution in [1.29, 1.82) is 0 Å². The lowest BCUT2D eigenvalue weighted by Crippen LogP contribution is -2.12. The summed E-state index contributed by atoms with van der Waals surface area (Å²) in [5.41, 5.74) is 1.39. The quantitative estimate of drug-likeness (QED) is 0.435. The first-order valence-corrected chi connectivity index (χ1v) is 9.75. The van der Waals surface area contributed by atoms with Crippen molar-refractivity contribution < 1.29 is 23.4 Å². The van der Waals surface area contributed by atoms with Crippen LogP contribution >= 0.6 is 0 Å². The molecule has 3 rings (SSSR count). The van der Waals surface area contributed by atoms with E-state index in [1.54, 1.807) is 18.2 Å². The molecule has 0 spiro atoms. The third-order valence-electron chi connectivity index (χ3n) is 3.87. The summed E-state index contributed by atoms with van der Waals surface area (Å²) in [4.78, 5) is 12.3. The van der Waals surface area contributed by atoms with Gasteiger partial charge in [0, 0.05) is 11.3 Å². The molecule has 0 bridgehead atoms. The number of anilines is 1. The Balaban J connectivity index is 1.70. The zero-order valence-corrected chi connectivity index (χ0v) is 15.4. The molecule has 142 valence electrons. The predicted molar refractivity (Wildman–Crippen MR) is 107 cm³/mol. The second kappa shape index (κ2) is 7.98. The molecule has 0 aromatic heterocycles. The summed E-state index contributed by atoms with van der Waals surface area (Å²) >= 11 is 0. The number of ketones is 1. The molecule has 0 aliphatic carbocycles. The number of phenolic OH excluding ortho intramolecular Hbond substituents is 2. The number of rotatable bonds is 6. The first-order valence-electron chi connectivity index (χ1n) is 8.27. The van der Waals surface area contributed by atoms with Crippen molar-refractivity contribution in [3.63, 3.8) is 0 Å². The number of sulfonamides is 1. The van der Waals surface area contributed by atoms with Gasteiger partial charge < -0.3 is 10.2 Å². The van der Waals surface area contributed by atoms with Crippen molar-refractivity contribution in [3.8, 4) is 11.5 Å². The van der Waals surface area contributed by atoms with E-state index in [-0.39, 0.29) is 22.2 Å². The molecule has 0 saturated carbocycles. The molecule has 0 fully saturated rings. The summed E-state index contributed by atoms with van der Waals surface area (Å²) in [6.07, 6.45) is 2.97. The predicted octanol–water partition coefficient (Wildman–Crippen LogP) is 3.79. The van der Waals surface area contributed by atoms with Crippen molar-refractivity contribution in [2.24, 2.45) is 0 Å². The van der Waals surface area contributed by atoms with Crippen molar-refractivity contribution in [2.45, 2.75) is 4.90 Å². The van der Waals surface area contributed by atoms with E-state index in [9.17, 15) is 23.4 Å². The first kappa shape index (κ1) is 19.2. The molecule has 0 unspecified atom stereocenters. The lowest BCUT2D eigenvalue weighted by Gasteiger charge is -2.08. The molecule has 6 nitrogen and oxygen atoms in total. The second-order valence-electron chi connectivity index (χ2n) is 5.97. The van der Waals surface area contributed by atoms with Crippen molar-refractivity contribution >= 4 is 27.6 Å². The lowest BCUT2D eigenvalue weighted by atomic mass is 10.1. The molecule has 28 heavy (non-hydrogen) atoms. The van der Waals surface area contributed by atoms with Crippen LogP contribution in [0.1, 0.15) is 15.9 Å². The Hall–Kier alpha value is -3.58. The fourth-order valence-corrected chi connectivity index (χ4v) is 3.50. The Labute approximate surface area is 162 Å². The molecule has 0 heterocycles. The zero-order valence-electron chi connectivity index (χ0n) is 14.6. The van der Waals surface area contributed by atoms with E-state index < -0.39 is 10.0 Å². The normalized spacial score (nSPS) is 11.4. The van der Waals surface area contributed by atoms with E-state index in [2.05, 4.69) is 4.72 Å². The second-order valence-corrected chi connectivity index (χ2v) is 7.65. The van der Waals surface area contributed by atoms with Crippen LogP contribution in [0.4, 0.5) is 5.69 Å². The molecular formula is C21H17NO5S. The molecule has 0 atom stereocenters. The molecule has 0 saturated heterocycles. The highest BCUT2D eigenvalue weighted by Gasteiger charge is 2.14. The van der Waals surface area contributed by atoms with Gasteiger partial charge in [-0.15, -0.1) is 0 Å². The average molecular weight is 395 g/mol. The van der Waals surface area contributed by atoms with E-state index in [1.165, 1.54) is 66.7 Å². The number of hydrogen-bond acceptors (Lipinski definition) is 5. The summed E-state index contributed by atoms with van der Waals surface area (Å²) in [5.74, 6) is -0.170. The molecule has 3 N–H and O–H groups in total. The van der Waals surface area contributed by atoms with Crippen LogP contribution in [-0.2, 0) is 10.0 Å². The maximum atomic E-state index is 12.3. The standard InChI is InChI=1S/C21H17NO5S/c23-18-9-11-20(12-10-18)28(26,27)22-17-7-5-16(6-8-17)21(25)13-4-15-2-1-3-19(24)14-15/h1-14,22-24H. The van der Waals surface area contributed by atoms with Crippen LogP contribution in [0.3, 0.4) is 0 Å². The zero-order chi connectivity index (χ0) is 20.1. The van der Waals surface area contributed by atoms with Gasteiger partial charge in [0.1, 0.15) is 11.5 Å². The Morgan fingerprint density at radius 2 is 1.54 bits per heavy atom. The van der Waals surface area contributed by atoms with Gasteiger partial charge >= 0.3 is 0 Å². The topological polar surface area (TPSA) is 104 Å². The average Bonchev–Trinajstić information content (AvgIpc) is 2.67. The number of hydrogen-bond donors (Lipinski definition) is 3. The van der Waals surface area contributed by atoms with Gasteiger partial charge in [-0.3, -0.25) is 9.52 Å². The van der Waals surface area contributed by atoms with Crippen LogP contribution in [0.25, 0.3) is 6.08 Å². The minimum absolute atomic E-state index is 0.0134. The summed E-state index contributed by atoms with van der Waals surface area (Å²) in [6.45, 7) is 0. The van der Waals surface area contributed by atoms with Gasteiger partial charge in [-0.05, 0) is 72.3 Å². The maximum absolute atomic E-state index is 12.3.